The highest BCUT2D eigenvalue weighted by Crippen LogP contribution is 2.28. The molecule has 9 heteroatoms. The van der Waals surface area contributed by atoms with Crippen LogP contribution in [0.25, 0.3) is 0 Å². The Bertz CT molecular complexity index is 990. The number of amides is 1. The number of halogens is 1. The second-order valence-corrected chi connectivity index (χ2v) is 8.48. The zero-order valence-corrected chi connectivity index (χ0v) is 15.0. The number of anilines is 2. The first-order valence-corrected chi connectivity index (χ1v) is 9.83. The third-order valence-corrected chi connectivity index (χ3v) is 5.72. The van der Waals surface area contributed by atoms with E-state index in [9.17, 15) is 18.0 Å². The van der Waals surface area contributed by atoms with Crippen LogP contribution in [0.3, 0.4) is 0 Å². The summed E-state index contributed by atoms with van der Waals surface area (Å²) in [6.07, 6.45) is 0. The topological polar surface area (TPSA) is 113 Å². The zero-order valence-electron chi connectivity index (χ0n) is 13.4. The minimum atomic E-state index is -3.58. The molecule has 26 heavy (non-hydrogen) atoms. The number of hydrogen-bond acceptors (Lipinski definition) is 5. The average molecular weight is 395 g/mol. The molecule has 1 unspecified atom stereocenters. The lowest BCUT2D eigenvalue weighted by Crippen LogP contribution is -2.43. The molecule has 0 radical (unpaired) electrons. The third-order valence-electron chi connectivity index (χ3n) is 3.87. The number of carboxylic acids is 1. The van der Waals surface area contributed by atoms with Gasteiger partial charge in [0.05, 0.1) is 28.4 Å². The molecule has 0 aliphatic carbocycles. The lowest BCUT2D eigenvalue weighted by molar-refractivity contribution is -0.116. The van der Waals surface area contributed by atoms with Gasteiger partial charge in [0.1, 0.15) is 6.04 Å². The maximum Gasteiger partial charge on any atom is 0.335 e. The number of nitrogens with one attached hydrogen (secondary N) is 2. The molecule has 1 atom stereocenters. The first-order chi connectivity index (χ1) is 12.2. The van der Waals surface area contributed by atoms with E-state index in [-0.39, 0.29) is 11.3 Å². The van der Waals surface area contributed by atoms with E-state index in [2.05, 4.69) is 10.6 Å². The number of benzene rings is 2. The average Bonchev–Trinajstić information content (AvgIpc) is 2.54. The molecule has 1 aliphatic heterocycles. The van der Waals surface area contributed by atoms with Gasteiger partial charge in [-0.3, -0.25) is 4.79 Å². The number of hydrogen-bond donors (Lipinski definition) is 3. The summed E-state index contributed by atoms with van der Waals surface area (Å²) in [5, 5.41) is 14.8. The number of fused-ring (bicyclic) bond motifs is 1. The Morgan fingerprint density at radius 1 is 1.15 bits per heavy atom. The van der Waals surface area contributed by atoms with Crippen molar-refractivity contribution in [2.24, 2.45) is 0 Å². The maximum atomic E-state index is 12.4. The van der Waals surface area contributed by atoms with E-state index < -0.39 is 33.5 Å². The van der Waals surface area contributed by atoms with Crippen LogP contribution < -0.4 is 10.6 Å². The van der Waals surface area contributed by atoms with Gasteiger partial charge in [-0.05, 0) is 35.9 Å². The molecular formula is C17H15ClN2O5S. The molecule has 0 bridgehead atoms. The Balaban J connectivity index is 1.76. The number of sulfone groups is 1. The van der Waals surface area contributed by atoms with Gasteiger partial charge in [-0.15, -0.1) is 0 Å². The van der Waals surface area contributed by atoms with Crippen molar-refractivity contribution in [3.8, 4) is 0 Å². The van der Waals surface area contributed by atoms with Gasteiger partial charge in [-0.1, -0.05) is 23.7 Å². The Hall–Kier alpha value is -2.58. The molecule has 0 saturated heterocycles. The minimum Gasteiger partial charge on any atom is -0.478 e. The van der Waals surface area contributed by atoms with Crippen LogP contribution in [-0.4, -0.2) is 37.2 Å². The second-order valence-electron chi connectivity index (χ2n) is 5.94. The quantitative estimate of drug-likeness (QED) is 0.717. The molecule has 2 aromatic carbocycles. The van der Waals surface area contributed by atoms with Crippen molar-refractivity contribution < 1.29 is 23.1 Å². The fraction of sp³-hybridized carbons (Fsp3) is 0.176. The lowest BCUT2D eigenvalue weighted by Gasteiger charge is -2.27. The van der Waals surface area contributed by atoms with E-state index in [0.29, 0.717) is 22.0 Å². The number of aromatic carboxylic acids is 1. The van der Waals surface area contributed by atoms with Crippen LogP contribution in [0.1, 0.15) is 15.9 Å². The summed E-state index contributed by atoms with van der Waals surface area (Å²) in [5.74, 6) is -2.28. The second kappa shape index (κ2) is 6.97. The molecule has 136 valence electrons. The molecule has 0 fully saturated rings. The van der Waals surface area contributed by atoms with E-state index in [4.69, 9.17) is 16.7 Å². The van der Waals surface area contributed by atoms with Crippen molar-refractivity contribution in [1.29, 1.82) is 0 Å². The Kier molecular flexibility index (Phi) is 4.88. The molecule has 0 aromatic heterocycles. The molecule has 0 saturated carbocycles. The van der Waals surface area contributed by atoms with E-state index in [1.165, 1.54) is 18.2 Å². The summed E-state index contributed by atoms with van der Waals surface area (Å²) in [5.41, 5.74) is 1.34. The first kappa shape index (κ1) is 18.2. The third kappa shape index (κ3) is 4.14. The molecule has 1 aliphatic rings. The first-order valence-electron chi connectivity index (χ1n) is 7.63. The van der Waals surface area contributed by atoms with Crippen molar-refractivity contribution in [3.63, 3.8) is 0 Å². The summed E-state index contributed by atoms with van der Waals surface area (Å²) in [4.78, 5) is 23.2. The Morgan fingerprint density at radius 3 is 2.62 bits per heavy atom. The number of rotatable bonds is 5. The Morgan fingerprint density at radius 2 is 1.92 bits per heavy atom. The van der Waals surface area contributed by atoms with Gasteiger partial charge < -0.3 is 15.7 Å². The van der Waals surface area contributed by atoms with E-state index in [1.54, 1.807) is 24.3 Å². The van der Waals surface area contributed by atoms with Crippen LogP contribution in [0.2, 0.25) is 5.02 Å². The smallest absolute Gasteiger partial charge is 0.335 e. The highest BCUT2D eigenvalue weighted by Gasteiger charge is 2.30. The maximum absolute atomic E-state index is 12.4. The molecule has 1 amide bonds. The fourth-order valence-electron chi connectivity index (χ4n) is 2.69. The van der Waals surface area contributed by atoms with E-state index >= 15 is 0 Å². The van der Waals surface area contributed by atoms with Crippen LogP contribution in [0.4, 0.5) is 11.4 Å². The van der Waals surface area contributed by atoms with Crippen LogP contribution in [0.15, 0.2) is 42.5 Å². The molecule has 3 N–H and O–H groups in total. The summed E-state index contributed by atoms with van der Waals surface area (Å²) in [6.45, 7) is 0. The molecule has 1 heterocycles. The molecule has 2 aromatic rings. The zero-order chi connectivity index (χ0) is 18.9. The summed E-state index contributed by atoms with van der Waals surface area (Å²) < 4.78 is 24.9. The van der Waals surface area contributed by atoms with Gasteiger partial charge in [0.2, 0.25) is 5.91 Å². The monoisotopic (exact) mass is 394 g/mol. The van der Waals surface area contributed by atoms with Crippen LogP contribution >= 0.6 is 11.6 Å². The summed E-state index contributed by atoms with van der Waals surface area (Å²) in [6, 6.07) is 9.75. The van der Waals surface area contributed by atoms with Gasteiger partial charge in [0, 0.05) is 5.02 Å². The van der Waals surface area contributed by atoms with Gasteiger partial charge in [-0.25, -0.2) is 13.2 Å². The predicted octanol–water partition coefficient (Wildman–Crippen LogP) is 2.39. The van der Waals surface area contributed by atoms with Crippen LogP contribution in [0, 0.1) is 0 Å². The normalized spacial score (nSPS) is 16.3. The number of carbonyl (C=O) groups excluding carboxylic acids is 1. The van der Waals surface area contributed by atoms with Crippen molar-refractivity contribution in [2.45, 2.75) is 11.8 Å². The van der Waals surface area contributed by atoms with Crippen LogP contribution in [0.5, 0.6) is 0 Å². The predicted molar refractivity (Wildman–Crippen MR) is 98.4 cm³/mol. The lowest BCUT2D eigenvalue weighted by atomic mass is 10.1. The number of carbonyl (C=O) groups is 2. The SMILES string of the molecule is O=C(O)c1ccc2c(c1)NC(=O)C(CS(=O)(=O)Cc1cccc(Cl)c1)N2. The van der Waals surface area contributed by atoms with E-state index in [1.807, 2.05) is 0 Å². The van der Waals surface area contributed by atoms with Gasteiger partial charge in [-0.2, -0.15) is 0 Å². The highest BCUT2D eigenvalue weighted by molar-refractivity contribution is 7.90. The summed E-state index contributed by atoms with van der Waals surface area (Å²) >= 11 is 5.87. The van der Waals surface area contributed by atoms with E-state index in [0.717, 1.165) is 0 Å². The van der Waals surface area contributed by atoms with Gasteiger partial charge in [0.25, 0.3) is 0 Å². The molecule has 0 spiro atoms. The minimum absolute atomic E-state index is 0.0258. The van der Waals surface area contributed by atoms with Crippen molar-refractivity contribution >= 4 is 44.7 Å². The molecule has 7 nitrogen and oxygen atoms in total. The largest absolute Gasteiger partial charge is 0.478 e. The summed E-state index contributed by atoms with van der Waals surface area (Å²) in [7, 11) is -3.58. The van der Waals surface area contributed by atoms with Gasteiger partial charge in [0.15, 0.2) is 9.84 Å². The standard InChI is InChI=1S/C17H15ClN2O5S/c18-12-3-1-2-10(6-12)8-26(24,25)9-15-16(21)20-14-7-11(17(22)23)4-5-13(14)19-15/h1-7,15,19H,8-9H2,(H,20,21)(H,22,23). The van der Waals surface area contributed by atoms with Crippen molar-refractivity contribution in [1.82, 2.24) is 0 Å². The van der Waals surface area contributed by atoms with Gasteiger partial charge >= 0.3 is 5.97 Å². The Labute approximate surface area is 154 Å². The van der Waals surface area contributed by atoms with Crippen LogP contribution in [-0.2, 0) is 20.4 Å². The van der Waals surface area contributed by atoms with Crippen molar-refractivity contribution in [2.75, 3.05) is 16.4 Å². The molecule has 3 rings (SSSR count). The molecular weight excluding hydrogens is 380 g/mol. The number of carboxylic acid groups (broad SMARTS) is 1. The highest BCUT2D eigenvalue weighted by atomic mass is 35.5. The fourth-order valence-corrected chi connectivity index (χ4v) is 4.45. The van der Waals surface area contributed by atoms with Crippen molar-refractivity contribution in [3.05, 3.63) is 58.6 Å².